The number of ether oxygens (including phenoxy) is 1. The van der Waals surface area contributed by atoms with Crippen LogP contribution in [0.2, 0.25) is 0 Å². The van der Waals surface area contributed by atoms with Crippen molar-refractivity contribution in [3.8, 4) is 0 Å². The van der Waals surface area contributed by atoms with Crippen LogP contribution in [0, 0.1) is 0 Å². The highest BCUT2D eigenvalue weighted by Gasteiger charge is 2.24. The van der Waals surface area contributed by atoms with Crippen molar-refractivity contribution in [3.05, 3.63) is 69.8 Å². The zero-order valence-corrected chi connectivity index (χ0v) is 14.7. The molecule has 1 N–H and O–H groups in total. The van der Waals surface area contributed by atoms with Crippen LogP contribution in [0.5, 0.6) is 0 Å². The van der Waals surface area contributed by atoms with Gasteiger partial charge in [-0.3, -0.25) is 0 Å². The minimum atomic E-state index is -0.268. The standard InChI is InChI=1S/C19H17BrN2O2/c20-16-7-3-1-5-13(16)12-24-19(23)22-10-9-15-14-6-2-4-8-17(14)21-18(15)11-22/h1-8,21H,9-12H2. The Labute approximate surface area is 148 Å². The number of carbonyl (C=O) groups excluding carboxylic acids is 1. The average molecular weight is 385 g/mol. The normalized spacial score (nSPS) is 13.8. The predicted octanol–water partition coefficient (Wildman–Crippen LogP) is 4.63. The number of rotatable bonds is 2. The molecule has 0 atom stereocenters. The van der Waals surface area contributed by atoms with Crippen LogP contribution in [0.25, 0.3) is 10.9 Å². The Bertz CT molecular complexity index is 903. The third-order valence-electron chi connectivity index (χ3n) is 4.45. The molecule has 0 saturated heterocycles. The number of para-hydroxylation sites is 1. The molecule has 2 aromatic carbocycles. The number of H-pyrrole nitrogens is 1. The molecule has 3 aromatic rings. The lowest BCUT2D eigenvalue weighted by Crippen LogP contribution is -2.36. The number of hydrogen-bond donors (Lipinski definition) is 1. The number of amides is 1. The third-order valence-corrected chi connectivity index (χ3v) is 5.22. The average Bonchev–Trinajstić information content (AvgIpc) is 2.98. The van der Waals surface area contributed by atoms with Crippen LogP contribution in [0.3, 0.4) is 0 Å². The summed E-state index contributed by atoms with van der Waals surface area (Å²) < 4.78 is 6.43. The molecule has 0 bridgehead atoms. The van der Waals surface area contributed by atoms with Gasteiger partial charge >= 0.3 is 6.09 Å². The van der Waals surface area contributed by atoms with Crippen molar-refractivity contribution in [2.75, 3.05) is 6.54 Å². The molecule has 4 nitrogen and oxygen atoms in total. The Hall–Kier alpha value is -2.27. The van der Waals surface area contributed by atoms with E-state index >= 15 is 0 Å². The molecule has 0 fully saturated rings. The van der Waals surface area contributed by atoms with Crippen molar-refractivity contribution >= 4 is 32.9 Å². The summed E-state index contributed by atoms with van der Waals surface area (Å²) in [5.74, 6) is 0. The summed E-state index contributed by atoms with van der Waals surface area (Å²) in [6.45, 7) is 1.53. The molecule has 122 valence electrons. The number of nitrogens with one attached hydrogen (secondary N) is 1. The fourth-order valence-electron chi connectivity index (χ4n) is 3.20. The predicted molar refractivity (Wildman–Crippen MR) is 96.7 cm³/mol. The highest BCUT2D eigenvalue weighted by atomic mass is 79.9. The first-order chi connectivity index (χ1) is 11.7. The van der Waals surface area contributed by atoms with Crippen molar-refractivity contribution in [2.24, 2.45) is 0 Å². The van der Waals surface area contributed by atoms with Crippen LogP contribution in [0.4, 0.5) is 4.79 Å². The Balaban J connectivity index is 1.46. The van der Waals surface area contributed by atoms with E-state index in [4.69, 9.17) is 4.74 Å². The number of nitrogens with zero attached hydrogens (tertiary/aromatic N) is 1. The molecule has 4 rings (SSSR count). The molecule has 0 unspecified atom stereocenters. The molecule has 0 saturated carbocycles. The lowest BCUT2D eigenvalue weighted by molar-refractivity contribution is 0.0913. The fourth-order valence-corrected chi connectivity index (χ4v) is 3.59. The first kappa shape index (κ1) is 15.3. The zero-order valence-electron chi connectivity index (χ0n) is 13.1. The molecule has 1 aromatic heterocycles. The molecule has 1 aliphatic heterocycles. The second kappa shape index (κ2) is 6.32. The maximum atomic E-state index is 12.4. The summed E-state index contributed by atoms with van der Waals surface area (Å²) in [5, 5.41) is 1.26. The zero-order chi connectivity index (χ0) is 16.5. The van der Waals surface area contributed by atoms with E-state index in [1.165, 1.54) is 10.9 Å². The third kappa shape index (κ3) is 2.80. The van der Waals surface area contributed by atoms with Crippen LogP contribution >= 0.6 is 15.9 Å². The maximum Gasteiger partial charge on any atom is 0.410 e. The molecule has 1 amide bonds. The van der Waals surface area contributed by atoms with Gasteiger partial charge in [-0.1, -0.05) is 52.3 Å². The SMILES string of the molecule is O=C(OCc1ccccc1Br)N1CCc2c([nH]c3ccccc23)C1. The van der Waals surface area contributed by atoms with Gasteiger partial charge in [0, 0.05) is 33.2 Å². The van der Waals surface area contributed by atoms with Gasteiger partial charge < -0.3 is 14.6 Å². The Morgan fingerprint density at radius 1 is 1.17 bits per heavy atom. The summed E-state index contributed by atoms with van der Waals surface area (Å²) >= 11 is 3.47. The molecule has 1 aliphatic rings. The minimum absolute atomic E-state index is 0.268. The Morgan fingerprint density at radius 2 is 1.96 bits per heavy atom. The van der Waals surface area contributed by atoms with E-state index in [0.29, 0.717) is 13.1 Å². The van der Waals surface area contributed by atoms with Crippen molar-refractivity contribution in [1.29, 1.82) is 0 Å². The van der Waals surface area contributed by atoms with Gasteiger partial charge in [-0.05, 0) is 24.1 Å². The first-order valence-corrected chi connectivity index (χ1v) is 8.75. The molecular formula is C19H17BrN2O2. The molecule has 2 heterocycles. The minimum Gasteiger partial charge on any atom is -0.444 e. The molecule has 5 heteroatoms. The van der Waals surface area contributed by atoms with Gasteiger partial charge in [0.2, 0.25) is 0 Å². The molecule has 24 heavy (non-hydrogen) atoms. The van der Waals surface area contributed by atoms with E-state index in [2.05, 4.69) is 39.1 Å². The van der Waals surface area contributed by atoms with Gasteiger partial charge in [0.25, 0.3) is 0 Å². The Kier molecular flexibility index (Phi) is 4.02. The smallest absolute Gasteiger partial charge is 0.410 e. The summed E-state index contributed by atoms with van der Waals surface area (Å²) in [4.78, 5) is 17.6. The van der Waals surface area contributed by atoms with Crippen molar-refractivity contribution in [2.45, 2.75) is 19.6 Å². The highest BCUT2D eigenvalue weighted by Crippen LogP contribution is 2.27. The number of fused-ring (bicyclic) bond motifs is 3. The molecule has 0 radical (unpaired) electrons. The molecule has 0 spiro atoms. The Morgan fingerprint density at radius 3 is 2.83 bits per heavy atom. The largest absolute Gasteiger partial charge is 0.444 e. The van der Waals surface area contributed by atoms with Gasteiger partial charge in [-0.15, -0.1) is 0 Å². The van der Waals surface area contributed by atoms with Gasteiger partial charge in [0.15, 0.2) is 0 Å². The molecular weight excluding hydrogens is 368 g/mol. The second-order valence-electron chi connectivity index (χ2n) is 5.95. The van der Waals surface area contributed by atoms with E-state index in [1.807, 2.05) is 30.3 Å². The number of benzene rings is 2. The second-order valence-corrected chi connectivity index (χ2v) is 6.80. The van der Waals surface area contributed by atoms with Crippen molar-refractivity contribution in [3.63, 3.8) is 0 Å². The topological polar surface area (TPSA) is 45.3 Å². The number of hydrogen-bond acceptors (Lipinski definition) is 2. The van der Waals surface area contributed by atoms with Crippen LogP contribution in [-0.4, -0.2) is 22.5 Å². The maximum absolute atomic E-state index is 12.4. The first-order valence-electron chi connectivity index (χ1n) is 7.96. The van der Waals surface area contributed by atoms with Crippen LogP contribution < -0.4 is 0 Å². The lowest BCUT2D eigenvalue weighted by Gasteiger charge is -2.26. The van der Waals surface area contributed by atoms with E-state index in [0.717, 1.165) is 27.7 Å². The lowest BCUT2D eigenvalue weighted by atomic mass is 10.0. The fraction of sp³-hybridized carbons (Fsp3) is 0.211. The van der Waals surface area contributed by atoms with Crippen molar-refractivity contribution in [1.82, 2.24) is 9.88 Å². The van der Waals surface area contributed by atoms with E-state index < -0.39 is 0 Å². The highest BCUT2D eigenvalue weighted by molar-refractivity contribution is 9.10. The molecule has 0 aliphatic carbocycles. The van der Waals surface area contributed by atoms with Crippen LogP contribution in [-0.2, 0) is 24.3 Å². The van der Waals surface area contributed by atoms with Crippen LogP contribution in [0.15, 0.2) is 53.0 Å². The van der Waals surface area contributed by atoms with E-state index in [-0.39, 0.29) is 12.7 Å². The van der Waals surface area contributed by atoms with E-state index in [9.17, 15) is 4.79 Å². The van der Waals surface area contributed by atoms with Gasteiger partial charge in [0.1, 0.15) is 6.61 Å². The number of carbonyl (C=O) groups is 1. The van der Waals surface area contributed by atoms with Gasteiger partial charge in [-0.2, -0.15) is 0 Å². The number of aromatic nitrogens is 1. The monoisotopic (exact) mass is 384 g/mol. The van der Waals surface area contributed by atoms with Gasteiger partial charge in [0.05, 0.1) is 6.54 Å². The summed E-state index contributed by atoms with van der Waals surface area (Å²) in [5.41, 5.74) is 4.53. The van der Waals surface area contributed by atoms with Crippen molar-refractivity contribution < 1.29 is 9.53 Å². The summed E-state index contributed by atoms with van der Waals surface area (Å²) in [6.07, 6.45) is 0.582. The summed E-state index contributed by atoms with van der Waals surface area (Å²) in [7, 11) is 0. The quantitative estimate of drug-likeness (QED) is 0.700. The van der Waals surface area contributed by atoms with Crippen LogP contribution in [0.1, 0.15) is 16.8 Å². The van der Waals surface area contributed by atoms with Gasteiger partial charge in [-0.25, -0.2) is 4.79 Å². The number of aromatic amines is 1. The number of halogens is 1. The summed E-state index contributed by atoms with van der Waals surface area (Å²) in [6, 6.07) is 16.0. The van der Waals surface area contributed by atoms with E-state index in [1.54, 1.807) is 4.90 Å².